The molecule has 94 valence electrons. The Labute approximate surface area is 109 Å². The highest BCUT2D eigenvalue weighted by molar-refractivity contribution is 7.17. The van der Waals surface area contributed by atoms with Crippen molar-refractivity contribution in [2.75, 3.05) is 11.9 Å². The Morgan fingerprint density at radius 3 is 3.00 bits per heavy atom. The van der Waals surface area contributed by atoms with E-state index in [1.807, 2.05) is 18.2 Å². The number of pyridine rings is 1. The zero-order chi connectivity index (χ0) is 13.0. The van der Waals surface area contributed by atoms with Gasteiger partial charge in [0.05, 0.1) is 12.3 Å². The van der Waals surface area contributed by atoms with E-state index in [0.717, 1.165) is 0 Å². The minimum atomic E-state index is -0.332. The molecule has 0 aromatic carbocycles. The first-order valence-electron chi connectivity index (χ1n) is 5.53. The van der Waals surface area contributed by atoms with Crippen molar-refractivity contribution in [3.63, 3.8) is 0 Å². The molecule has 0 unspecified atom stereocenters. The lowest BCUT2D eigenvalue weighted by atomic mass is 10.4. The largest absolute Gasteiger partial charge is 0.462 e. The number of carbonyl (C=O) groups is 1. The lowest BCUT2D eigenvalue weighted by Gasteiger charge is -1.99. The van der Waals surface area contributed by atoms with Crippen LogP contribution in [0.5, 0.6) is 0 Å². The SMILES string of the molecule is CCOC(=O)c1sc(Nc2ccccn2)nc1C. The summed E-state index contributed by atoms with van der Waals surface area (Å²) >= 11 is 1.27. The van der Waals surface area contributed by atoms with E-state index in [4.69, 9.17) is 4.74 Å². The zero-order valence-corrected chi connectivity index (χ0v) is 11.0. The van der Waals surface area contributed by atoms with Gasteiger partial charge >= 0.3 is 5.97 Å². The van der Waals surface area contributed by atoms with Crippen molar-refractivity contribution in [3.8, 4) is 0 Å². The van der Waals surface area contributed by atoms with Gasteiger partial charge in [-0.3, -0.25) is 0 Å². The van der Waals surface area contributed by atoms with Crippen LogP contribution in [0.4, 0.5) is 10.9 Å². The first-order chi connectivity index (χ1) is 8.70. The van der Waals surface area contributed by atoms with Crippen molar-refractivity contribution < 1.29 is 9.53 Å². The van der Waals surface area contributed by atoms with Gasteiger partial charge in [-0.25, -0.2) is 14.8 Å². The Balaban J connectivity index is 2.16. The van der Waals surface area contributed by atoms with E-state index >= 15 is 0 Å². The quantitative estimate of drug-likeness (QED) is 0.859. The Hall–Kier alpha value is -1.95. The third-order valence-electron chi connectivity index (χ3n) is 2.16. The van der Waals surface area contributed by atoms with Gasteiger partial charge in [-0.15, -0.1) is 0 Å². The fourth-order valence-electron chi connectivity index (χ4n) is 1.38. The van der Waals surface area contributed by atoms with Crippen LogP contribution in [-0.2, 0) is 4.74 Å². The summed E-state index contributed by atoms with van der Waals surface area (Å²) in [4.78, 5) is 20.6. The average Bonchev–Trinajstić information content (AvgIpc) is 2.72. The third kappa shape index (κ3) is 2.84. The minimum Gasteiger partial charge on any atom is -0.462 e. The molecule has 0 amide bonds. The summed E-state index contributed by atoms with van der Waals surface area (Å²) in [7, 11) is 0. The molecule has 5 nitrogen and oxygen atoms in total. The number of thiazole rings is 1. The molecule has 0 atom stereocenters. The molecule has 2 rings (SSSR count). The first-order valence-corrected chi connectivity index (χ1v) is 6.35. The van der Waals surface area contributed by atoms with Crippen LogP contribution in [-0.4, -0.2) is 22.5 Å². The van der Waals surface area contributed by atoms with Crippen LogP contribution < -0.4 is 5.32 Å². The normalized spacial score (nSPS) is 10.1. The van der Waals surface area contributed by atoms with E-state index in [2.05, 4.69) is 15.3 Å². The monoisotopic (exact) mass is 263 g/mol. The van der Waals surface area contributed by atoms with Crippen LogP contribution in [0.3, 0.4) is 0 Å². The number of hydrogen-bond donors (Lipinski definition) is 1. The summed E-state index contributed by atoms with van der Waals surface area (Å²) in [5.74, 6) is 0.364. The molecule has 18 heavy (non-hydrogen) atoms. The highest BCUT2D eigenvalue weighted by Crippen LogP contribution is 2.25. The second-order valence-corrected chi connectivity index (χ2v) is 4.49. The summed E-state index contributed by atoms with van der Waals surface area (Å²) < 4.78 is 4.96. The Morgan fingerprint density at radius 2 is 2.33 bits per heavy atom. The van der Waals surface area contributed by atoms with E-state index in [9.17, 15) is 4.79 Å². The standard InChI is InChI=1S/C12H13N3O2S/c1-3-17-11(16)10-8(2)14-12(18-10)15-9-6-4-5-7-13-9/h4-7H,3H2,1-2H3,(H,13,14,15). The van der Waals surface area contributed by atoms with Crippen molar-refractivity contribution in [2.24, 2.45) is 0 Å². The molecular formula is C12H13N3O2S. The third-order valence-corrected chi connectivity index (χ3v) is 3.21. The molecule has 0 radical (unpaired) electrons. The van der Waals surface area contributed by atoms with Crippen LogP contribution in [0.1, 0.15) is 22.3 Å². The van der Waals surface area contributed by atoms with E-state index in [1.165, 1.54) is 11.3 Å². The molecule has 0 spiro atoms. The van der Waals surface area contributed by atoms with Crippen molar-refractivity contribution in [2.45, 2.75) is 13.8 Å². The number of rotatable bonds is 4. The van der Waals surface area contributed by atoms with E-state index in [1.54, 1.807) is 20.0 Å². The molecule has 0 aliphatic rings. The van der Waals surface area contributed by atoms with Gasteiger partial charge in [0, 0.05) is 6.20 Å². The lowest BCUT2D eigenvalue weighted by molar-refractivity contribution is 0.0531. The van der Waals surface area contributed by atoms with Gasteiger partial charge in [-0.05, 0) is 26.0 Å². The summed E-state index contributed by atoms with van der Waals surface area (Å²) in [6, 6.07) is 5.55. The Kier molecular flexibility index (Phi) is 3.88. The highest BCUT2D eigenvalue weighted by atomic mass is 32.1. The van der Waals surface area contributed by atoms with E-state index in [-0.39, 0.29) is 5.97 Å². The van der Waals surface area contributed by atoms with Crippen LogP contribution >= 0.6 is 11.3 Å². The lowest BCUT2D eigenvalue weighted by Crippen LogP contribution is -2.03. The number of esters is 1. The second-order valence-electron chi connectivity index (χ2n) is 3.49. The topological polar surface area (TPSA) is 64.1 Å². The Bertz CT molecular complexity index is 540. The molecule has 0 aliphatic carbocycles. The highest BCUT2D eigenvalue weighted by Gasteiger charge is 2.16. The van der Waals surface area contributed by atoms with Crippen molar-refractivity contribution in [1.82, 2.24) is 9.97 Å². The minimum absolute atomic E-state index is 0.332. The molecule has 0 saturated heterocycles. The number of nitrogens with zero attached hydrogens (tertiary/aromatic N) is 2. The van der Waals surface area contributed by atoms with Crippen LogP contribution in [0, 0.1) is 6.92 Å². The number of ether oxygens (including phenoxy) is 1. The maximum absolute atomic E-state index is 11.6. The molecule has 0 fully saturated rings. The molecule has 0 saturated carbocycles. The van der Waals surface area contributed by atoms with Gasteiger partial charge < -0.3 is 10.1 Å². The van der Waals surface area contributed by atoms with Crippen molar-refractivity contribution in [1.29, 1.82) is 0 Å². The summed E-state index contributed by atoms with van der Waals surface area (Å²) in [6.07, 6.45) is 1.69. The number of nitrogens with one attached hydrogen (secondary N) is 1. The molecule has 1 N–H and O–H groups in total. The van der Waals surface area contributed by atoms with Crippen LogP contribution in [0.15, 0.2) is 24.4 Å². The average molecular weight is 263 g/mol. The molecule has 2 aromatic rings. The molecule has 6 heteroatoms. The van der Waals surface area contributed by atoms with Gasteiger partial charge in [0.1, 0.15) is 10.7 Å². The predicted octanol–water partition coefficient (Wildman–Crippen LogP) is 2.77. The summed E-state index contributed by atoms with van der Waals surface area (Å²) in [6.45, 7) is 3.92. The number of aryl methyl sites for hydroxylation is 1. The fraction of sp³-hybridized carbons (Fsp3) is 0.250. The summed E-state index contributed by atoms with van der Waals surface area (Å²) in [5.41, 5.74) is 0.664. The number of aromatic nitrogens is 2. The number of carbonyl (C=O) groups excluding carboxylic acids is 1. The molecule has 0 aliphatic heterocycles. The molecular weight excluding hydrogens is 250 g/mol. The van der Waals surface area contributed by atoms with Gasteiger partial charge in [0.25, 0.3) is 0 Å². The second kappa shape index (κ2) is 5.59. The van der Waals surface area contributed by atoms with Gasteiger partial charge in [0.15, 0.2) is 5.13 Å². The molecule has 2 aromatic heterocycles. The van der Waals surface area contributed by atoms with Gasteiger partial charge in [-0.2, -0.15) is 0 Å². The van der Waals surface area contributed by atoms with Crippen LogP contribution in [0.25, 0.3) is 0 Å². The van der Waals surface area contributed by atoms with Gasteiger partial charge in [0.2, 0.25) is 0 Å². The summed E-state index contributed by atoms with van der Waals surface area (Å²) in [5, 5.41) is 3.68. The van der Waals surface area contributed by atoms with E-state index in [0.29, 0.717) is 28.1 Å². The van der Waals surface area contributed by atoms with E-state index < -0.39 is 0 Å². The Morgan fingerprint density at radius 1 is 1.50 bits per heavy atom. The predicted molar refractivity (Wildman–Crippen MR) is 70.3 cm³/mol. The van der Waals surface area contributed by atoms with Crippen LogP contribution in [0.2, 0.25) is 0 Å². The molecule has 0 bridgehead atoms. The zero-order valence-electron chi connectivity index (χ0n) is 10.1. The maximum atomic E-state index is 11.6. The maximum Gasteiger partial charge on any atom is 0.350 e. The number of hydrogen-bond acceptors (Lipinski definition) is 6. The van der Waals surface area contributed by atoms with Gasteiger partial charge in [-0.1, -0.05) is 17.4 Å². The molecule has 2 heterocycles. The smallest absolute Gasteiger partial charge is 0.350 e. The van der Waals surface area contributed by atoms with Crippen molar-refractivity contribution >= 4 is 28.3 Å². The first kappa shape index (κ1) is 12.5. The van der Waals surface area contributed by atoms with Crippen molar-refractivity contribution in [3.05, 3.63) is 35.0 Å². The number of anilines is 2. The fourth-order valence-corrected chi connectivity index (χ4v) is 2.25.